The monoisotopic (exact) mass is 447 g/mol. The number of hydrogen-bond donors (Lipinski definition) is 1. The lowest BCUT2D eigenvalue weighted by atomic mass is 10.0. The number of furan rings is 1. The number of benzene rings is 3. The molecule has 0 spiro atoms. The molecule has 1 aliphatic heterocycles. The molecule has 0 bridgehead atoms. The minimum absolute atomic E-state index is 0.166. The maximum absolute atomic E-state index is 12.5. The summed E-state index contributed by atoms with van der Waals surface area (Å²) in [7, 11) is -3.22. The molecule has 6 nitrogen and oxygen atoms in total. The van der Waals surface area contributed by atoms with Crippen LogP contribution in [0, 0.1) is 0 Å². The number of ether oxygens (including phenoxy) is 1. The van der Waals surface area contributed by atoms with E-state index in [4.69, 9.17) is 9.15 Å². The van der Waals surface area contributed by atoms with Crippen molar-refractivity contribution in [2.75, 3.05) is 12.8 Å². The molecule has 32 heavy (non-hydrogen) atoms. The molecule has 7 heteroatoms. The van der Waals surface area contributed by atoms with Crippen LogP contribution in [-0.4, -0.2) is 33.2 Å². The Balaban J connectivity index is 1.24. The Morgan fingerprint density at radius 2 is 1.75 bits per heavy atom. The van der Waals surface area contributed by atoms with Gasteiger partial charge >= 0.3 is 0 Å². The first-order chi connectivity index (χ1) is 15.4. The zero-order valence-electron chi connectivity index (χ0n) is 17.4. The summed E-state index contributed by atoms with van der Waals surface area (Å²) in [6.45, 7) is 0.364. The van der Waals surface area contributed by atoms with Gasteiger partial charge in [-0.2, -0.15) is 0 Å². The zero-order valence-corrected chi connectivity index (χ0v) is 18.2. The van der Waals surface area contributed by atoms with Crippen LogP contribution in [0.3, 0.4) is 0 Å². The second-order valence-corrected chi connectivity index (χ2v) is 9.94. The number of carbonyl (C=O) groups is 1. The van der Waals surface area contributed by atoms with Gasteiger partial charge in [-0.25, -0.2) is 8.42 Å². The number of carbonyl (C=O) groups excluding carboxylic acids is 1. The van der Waals surface area contributed by atoms with Gasteiger partial charge in [-0.15, -0.1) is 0 Å². The van der Waals surface area contributed by atoms with E-state index < -0.39 is 9.84 Å². The van der Waals surface area contributed by atoms with Crippen molar-refractivity contribution in [1.82, 2.24) is 5.32 Å². The lowest BCUT2D eigenvalue weighted by Crippen LogP contribution is -2.34. The van der Waals surface area contributed by atoms with Gasteiger partial charge in [0.2, 0.25) is 0 Å². The van der Waals surface area contributed by atoms with Gasteiger partial charge < -0.3 is 14.5 Å². The van der Waals surface area contributed by atoms with Crippen molar-refractivity contribution in [3.05, 3.63) is 84.1 Å². The lowest BCUT2D eigenvalue weighted by molar-refractivity contribution is 0.0908. The normalized spacial score (nSPS) is 15.3. The standard InChI is InChI=1S/C25H21NO5S/c1-32(28,29)21-9-6-16(7-10-21)17-8-11-23-19(12-17)13-20(30-23)15-26-25(27)24-14-18-4-2-3-5-22(18)31-24/h2-12,14,20H,13,15H2,1H3,(H,26,27)/t20-/m0/s1. The van der Waals surface area contributed by atoms with Crippen molar-refractivity contribution in [1.29, 1.82) is 0 Å². The van der Waals surface area contributed by atoms with Crippen LogP contribution in [0.15, 0.2) is 82.1 Å². The Morgan fingerprint density at radius 1 is 1.00 bits per heavy atom. The highest BCUT2D eigenvalue weighted by atomic mass is 32.2. The van der Waals surface area contributed by atoms with Crippen LogP contribution in [0.5, 0.6) is 5.75 Å². The van der Waals surface area contributed by atoms with Crippen LogP contribution in [0.2, 0.25) is 0 Å². The highest BCUT2D eigenvalue weighted by Crippen LogP contribution is 2.33. The van der Waals surface area contributed by atoms with Crippen LogP contribution in [0.4, 0.5) is 0 Å². The molecule has 162 valence electrons. The van der Waals surface area contributed by atoms with E-state index in [9.17, 15) is 13.2 Å². The molecule has 4 aromatic rings. The van der Waals surface area contributed by atoms with Crippen LogP contribution in [-0.2, 0) is 16.3 Å². The van der Waals surface area contributed by atoms with Crippen LogP contribution in [0.1, 0.15) is 16.1 Å². The number of fused-ring (bicyclic) bond motifs is 2. The predicted molar refractivity (Wildman–Crippen MR) is 122 cm³/mol. The molecule has 0 saturated carbocycles. The van der Waals surface area contributed by atoms with E-state index in [2.05, 4.69) is 5.32 Å². The Labute approximate surface area is 185 Å². The first-order valence-corrected chi connectivity index (χ1v) is 12.1. The SMILES string of the molecule is CS(=O)(=O)c1ccc(-c2ccc3c(c2)C[C@@H](CNC(=O)c2cc4ccccc4o2)O3)cc1. The number of amides is 1. The number of sulfone groups is 1. The maximum atomic E-state index is 12.5. The second-order valence-electron chi connectivity index (χ2n) is 7.92. The van der Waals surface area contributed by atoms with Crippen molar-refractivity contribution >= 4 is 26.7 Å². The fraction of sp³-hybridized carbons (Fsp3) is 0.160. The molecule has 1 atom stereocenters. The molecule has 5 rings (SSSR count). The van der Waals surface area contributed by atoms with E-state index in [1.807, 2.05) is 42.5 Å². The summed E-state index contributed by atoms with van der Waals surface area (Å²) >= 11 is 0. The van der Waals surface area contributed by atoms with Gasteiger partial charge in [0.05, 0.1) is 11.4 Å². The number of hydrogen-bond acceptors (Lipinski definition) is 5. The van der Waals surface area contributed by atoms with Gasteiger partial charge in [-0.1, -0.05) is 36.4 Å². The van der Waals surface area contributed by atoms with Gasteiger partial charge in [0, 0.05) is 18.1 Å². The van der Waals surface area contributed by atoms with E-state index >= 15 is 0 Å². The molecule has 0 saturated heterocycles. The van der Waals surface area contributed by atoms with E-state index in [1.54, 1.807) is 30.3 Å². The highest BCUT2D eigenvalue weighted by Gasteiger charge is 2.24. The largest absolute Gasteiger partial charge is 0.488 e. The van der Waals surface area contributed by atoms with Gasteiger partial charge in [0.1, 0.15) is 17.4 Å². The molecule has 3 aromatic carbocycles. The first kappa shape index (κ1) is 20.3. The summed E-state index contributed by atoms with van der Waals surface area (Å²) in [4.78, 5) is 12.8. The number of para-hydroxylation sites is 1. The molecule has 1 aromatic heterocycles. The third-order valence-electron chi connectivity index (χ3n) is 5.56. The molecule has 0 fully saturated rings. The molecule has 2 heterocycles. The van der Waals surface area contributed by atoms with Gasteiger partial charge in [0.15, 0.2) is 15.6 Å². The van der Waals surface area contributed by atoms with Crippen molar-refractivity contribution in [3.8, 4) is 16.9 Å². The maximum Gasteiger partial charge on any atom is 0.287 e. The van der Waals surface area contributed by atoms with Gasteiger partial charge in [-0.05, 0) is 53.1 Å². The minimum atomic E-state index is -3.22. The Hall–Kier alpha value is -3.58. The third-order valence-corrected chi connectivity index (χ3v) is 6.69. The molecule has 0 radical (unpaired) electrons. The summed E-state index contributed by atoms with van der Waals surface area (Å²) in [5, 5.41) is 3.78. The summed E-state index contributed by atoms with van der Waals surface area (Å²) in [6.07, 6.45) is 1.70. The Bertz CT molecular complexity index is 1390. The first-order valence-electron chi connectivity index (χ1n) is 10.2. The molecule has 0 aliphatic carbocycles. The lowest BCUT2D eigenvalue weighted by Gasteiger charge is -2.11. The fourth-order valence-corrected chi connectivity index (χ4v) is 4.53. The van der Waals surface area contributed by atoms with E-state index in [-0.39, 0.29) is 17.8 Å². The average Bonchev–Trinajstić information content (AvgIpc) is 3.40. The van der Waals surface area contributed by atoms with Crippen LogP contribution in [0.25, 0.3) is 22.1 Å². The van der Waals surface area contributed by atoms with Crippen LogP contribution < -0.4 is 10.1 Å². The molecule has 1 N–H and O–H groups in total. The molecule has 1 aliphatic rings. The molecule has 0 unspecified atom stereocenters. The van der Waals surface area contributed by atoms with Crippen molar-refractivity contribution in [2.45, 2.75) is 17.4 Å². The van der Waals surface area contributed by atoms with Crippen molar-refractivity contribution in [2.24, 2.45) is 0 Å². The van der Waals surface area contributed by atoms with Gasteiger partial charge in [0.25, 0.3) is 5.91 Å². The quantitative estimate of drug-likeness (QED) is 0.495. The second kappa shape index (κ2) is 7.84. The van der Waals surface area contributed by atoms with Gasteiger partial charge in [-0.3, -0.25) is 4.79 Å². The Morgan fingerprint density at radius 3 is 2.50 bits per heavy atom. The van der Waals surface area contributed by atoms with E-state index in [1.165, 1.54) is 6.26 Å². The highest BCUT2D eigenvalue weighted by molar-refractivity contribution is 7.90. The fourth-order valence-electron chi connectivity index (χ4n) is 3.90. The smallest absolute Gasteiger partial charge is 0.287 e. The van der Waals surface area contributed by atoms with E-state index in [0.717, 1.165) is 27.8 Å². The van der Waals surface area contributed by atoms with E-state index in [0.29, 0.717) is 23.4 Å². The zero-order chi connectivity index (χ0) is 22.3. The summed E-state index contributed by atoms with van der Waals surface area (Å²) in [6, 6.07) is 22.0. The molecular formula is C25H21NO5S. The number of rotatable bonds is 5. The third kappa shape index (κ3) is 3.99. The summed E-state index contributed by atoms with van der Waals surface area (Å²) in [5.74, 6) is 0.804. The Kier molecular flexibility index (Phi) is 4.98. The van der Waals surface area contributed by atoms with Crippen molar-refractivity contribution in [3.63, 3.8) is 0 Å². The molecule has 1 amide bonds. The summed E-state index contributed by atoms with van der Waals surface area (Å²) < 4.78 is 34.9. The minimum Gasteiger partial charge on any atom is -0.488 e. The topological polar surface area (TPSA) is 85.6 Å². The molecular weight excluding hydrogens is 426 g/mol. The number of nitrogens with one attached hydrogen (secondary N) is 1. The summed E-state index contributed by atoms with van der Waals surface area (Å²) in [5.41, 5.74) is 3.65. The van der Waals surface area contributed by atoms with Crippen molar-refractivity contribution < 1.29 is 22.4 Å². The predicted octanol–water partition coefficient (Wildman–Crippen LogP) is 4.24. The average molecular weight is 448 g/mol. The van der Waals surface area contributed by atoms with Crippen LogP contribution >= 0.6 is 0 Å².